The van der Waals surface area contributed by atoms with Crippen molar-refractivity contribution >= 4 is 52.4 Å². The van der Waals surface area contributed by atoms with Gasteiger partial charge in [0.1, 0.15) is 17.1 Å². The standard InChI is InChI=1S/C23H16N4O5S/c1-31-14-8-6-13(7-9-14)27-21(29)16(20(28)26-23(27)30)12-15-10-11-19(32-15)33-22-24-17-4-2-3-5-18(17)25-22/h2-12H,1H3,(H,24,25)(H,26,28,30)/b16-12+. The highest BCUT2D eigenvalue weighted by atomic mass is 32.2. The molecule has 1 saturated heterocycles. The maximum atomic E-state index is 13.0. The average Bonchev–Trinajstić information content (AvgIpc) is 3.43. The molecule has 164 valence electrons. The van der Waals surface area contributed by atoms with Crippen LogP contribution in [-0.4, -0.2) is 34.9 Å². The molecule has 0 radical (unpaired) electrons. The Hall–Kier alpha value is -4.31. The van der Waals surface area contributed by atoms with Crippen LogP contribution in [0.3, 0.4) is 0 Å². The monoisotopic (exact) mass is 460 g/mol. The van der Waals surface area contributed by atoms with E-state index in [0.717, 1.165) is 15.9 Å². The molecule has 33 heavy (non-hydrogen) atoms. The molecule has 0 unspecified atom stereocenters. The predicted octanol–water partition coefficient (Wildman–Crippen LogP) is 3.98. The molecule has 0 aliphatic carbocycles. The molecular formula is C23H16N4O5S. The summed E-state index contributed by atoms with van der Waals surface area (Å²) in [4.78, 5) is 46.2. The molecule has 2 aromatic carbocycles. The Bertz CT molecular complexity index is 1390. The fourth-order valence-electron chi connectivity index (χ4n) is 3.31. The average molecular weight is 460 g/mol. The van der Waals surface area contributed by atoms with Crippen LogP contribution in [0.4, 0.5) is 10.5 Å². The number of anilines is 1. The molecule has 0 saturated carbocycles. The molecule has 1 aliphatic rings. The lowest BCUT2D eigenvalue weighted by molar-refractivity contribution is -0.122. The Morgan fingerprint density at radius 1 is 1.03 bits per heavy atom. The highest BCUT2D eigenvalue weighted by Crippen LogP contribution is 2.30. The number of nitrogens with zero attached hydrogens (tertiary/aromatic N) is 2. The summed E-state index contributed by atoms with van der Waals surface area (Å²) in [6.07, 6.45) is 1.31. The van der Waals surface area contributed by atoms with Crippen molar-refractivity contribution in [1.29, 1.82) is 0 Å². The highest BCUT2D eigenvalue weighted by Gasteiger charge is 2.37. The van der Waals surface area contributed by atoms with Crippen LogP contribution < -0.4 is 15.0 Å². The molecule has 4 aromatic rings. The van der Waals surface area contributed by atoms with E-state index in [9.17, 15) is 14.4 Å². The van der Waals surface area contributed by atoms with Gasteiger partial charge < -0.3 is 14.1 Å². The second-order valence-corrected chi connectivity index (χ2v) is 7.97. The molecule has 1 fully saturated rings. The molecule has 4 amide bonds. The van der Waals surface area contributed by atoms with Gasteiger partial charge in [0.25, 0.3) is 11.8 Å². The maximum absolute atomic E-state index is 13.0. The first-order valence-electron chi connectivity index (χ1n) is 9.80. The number of H-pyrrole nitrogens is 1. The van der Waals surface area contributed by atoms with Gasteiger partial charge in [-0.15, -0.1) is 0 Å². The molecule has 5 rings (SSSR count). The van der Waals surface area contributed by atoms with Crippen molar-refractivity contribution in [2.24, 2.45) is 0 Å². The molecule has 10 heteroatoms. The number of carbonyl (C=O) groups is 3. The maximum Gasteiger partial charge on any atom is 0.335 e. The number of carbonyl (C=O) groups excluding carboxylic acids is 3. The van der Waals surface area contributed by atoms with Crippen molar-refractivity contribution in [3.8, 4) is 5.75 Å². The number of hydrogen-bond acceptors (Lipinski definition) is 7. The number of ether oxygens (including phenoxy) is 1. The van der Waals surface area contributed by atoms with Gasteiger partial charge >= 0.3 is 6.03 Å². The topological polar surface area (TPSA) is 118 Å². The Balaban J connectivity index is 1.39. The molecular weight excluding hydrogens is 444 g/mol. The van der Waals surface area contributed by atoms with Crippen molar-refractivity contribution in [1.82, 2.24) is 15.3 Å². The Labute approximate surface area is 191 Å². The van der Waals surface area contributed by atoms with E-state index in [0.29, 0.717) is 21.7 Å². The number of furan rings is 1. The van der Waals surface area contributed by atoms with Crippen molar-refractivity contribution in [2.75, 3.05) is 12.0 Å². The number of benzene rings is 2. The number of imide groups is 2. The van der Waals surface area contributed by atoms with Crippen molar-refractivity contribution in [3.63, 3.8) is 0 Å². The lowest BCUT2D eigenvalue weighted by Gasteiger charge is -2.26. The highest BCUT2D eigenvalue weighted by molar-refractivity contribution is 7.99. The van der Waals surface area contributed by atoms with Gasteiger partial charge in [-0.2, -0.15) is 0 Å². The summed E-state index contributed by atoms with van der Waals surface area (Å²) in [5.41, 5.74) is 1.82. The van der Waals surface area contributed by atoms with Crippen LogP contribution in [0.5, 0.6) is 5.75 Å². The number of nitrogens with one attached hydrogen (secondary N) is 2. The summed E-state index contributed by atoms with van der Waals surface area (Å²) in [5, 5.41) is 3.35. The van der Waals surface area contributed by atoms with E-state index in [2.05, 4.69) is 15.3 Å². The predicted molar refractivity (Wildman–Crippen MR) is 121 cm³/mol. The molecule has 3 heterocycles. The number of amides is 4. The van der Waals surface area contributed by atoms with Crippen molar-refractivity contribution in [2.45, 2.75) is 10.2 Å². The van der Waals surface area contributed by atoms with Crippen LogP contribution >= 0.6 is 11.8 Å². The van der Waals surface area contributed by atoms with Crippen molar-refractivity contribution in [3.05, 3.63) is 72.0 Å². The van der Waals surface area contributed by atoms with Gasteiger partial charge in [-0.25, -0.2) is 14.7 Å². The quantitative estimate of drug-likeness (QED) is 0.342. The van der Waals surface area contributed by atoms with E-state index in [1.165, 1.54) is 24.9 Å². The van der Waals surface area contributed by atoms with E-state index in [1.54, 1.807) is 36.4 Å². The van der Waals surface area contributed by atoms with E-state index >= 15 is 0 Å². The molecule has 2 N–H and O–H groups in total. The minimum atomic E-state index is -0.826. The van der Waals surface area contributed by atoms with Crippen molar-refractivity contribution < 1.29 is 23.5 Å². The number of aromatic amines is 1. The summed E-state index contributed by atoms with van der Waals surface area (Å²) in [6, 6.07) is 16.5. The van der Waals surface area contributed by atoms with Gasteiger partial charge in [0, 0.05) is 0 Å². The number of hydrogen-bond donors (Lipinski definition) is 2. The number of barbiturate groups is 1. The van der Waals surface area contributed by atoms with Crippen LogP contribution in [0.2, 0.25) is 0 Å². The van der Waals surface area contributed by atoms with E-state index in [-0.39, 0.29) is 11.3 Å². The van der Waals surface area contributed by atoms with Crippen LogP contribution in [-0.2, 0) is 9.59 Å². The van der Waals surface area contributed by atoms with Crippen LogP contribution in [0.15, 0.2) is 80.9 Å². The molecule has 9 nitrogen and oxygen atoms in total. The van der Waals surface area contributed by atoms with Gasteiger partial charge in [-0.3, -0.25) is 14.9 Å². The minimum absolute atomic E-state index is 0.222. The van der Waals surface area contributed by atoms with Gasteiger partial charge in [0.2, 0.25) is 0 Å². The number of rotatable bonds is 5. The fourth-order valence-corrected chi connectivity index (χ4v) is 4.07. The smallest absolute Gasteiger partial charge is 0.335 e. The number of fused-ring (bicyclic) bond motifs is 1. The third-order valence-electron chi connectivity index (χ3n) is 4.89. The minimum Gasteiger partial charge on any atom is -0.497 e. The van der Waals surface area contributed by atoms with E-state index < -0.39 is 17.8 Å². The van der Waals surface area contributed by atoms with E-state index in [4.69, 9.17) is 9.15 Å². The zero-order chi connectivity index (χ0) is 22.9. The van der Waals surface area contributed by atoms with Gasteiger partial charge in [0.05, 0.1) is 23.8 Å². The summed E-state index contributed by atoms with van der Waals surface area (Å²) in [6.45, 7) is 0. The normalized spacial score (nSPS) is 15.4. The van der Waals surface area contributed by atoms with Gasteiger partial charge in [-0.1, -0.05) is 12.1 Å². The Morgan fingerprint density at radius 2 is 1.82 bits per heavy atom. The van der Waals surface area contributed by atoms with Crippen LogP contribution in [0.25, 0.3) is 17.1 Å². The molecule has 0 spiro atoms. The molecule has 2 aromatic heterocycles. The lowest BCUT2D eigenvalue weighted by atomic mass is 10.1. The largest absolute Gasteiger partial charge is 0.497 e. The number of urea groups is 1. The summed E-state index contributed by atoms with van der Waals surface area (Å²) in [7, 11) is 1.51. The molecule has 1 aliphatic heterocycles. The number of para-hydroxylation sites is 2. The van der Waals surface area contributed by atoms with Crippen LogP contribution in [0.1, 0.15) is 5.76 Å². The van der Waals surface area contributed by atoms with Gasteiger partial charge in [0.15, 0.2) is 10.2 Å². The first-order valence-corrected chi connectivity index (χ1v) is 10.6. The number of imidazole rings is 1. The first-order chi connectivity index (χ1) is 16.0. The number of aromatic nitrogens is 2. The summed E-state index contributed by atoms with van der Waals surface area (Å²) < 4.78 is 10.9. The SMILES string of the molecule is COc1ccc(N2C(=O)NC(=O)/C(=C\c3ccc(Sc4nc5ccccc5[nH]4)o3)C2=O)cc1. The lowest BCUT2D eigenvalue weighted by Crippen LogP contribution is -2.54. The summed E-state index contributed by atoms with van der Waals surface area (Å²) in [5.74, 6) is -0.689. The van der Waals surface area contributed by atoms with Crippen LogP contribution in [0, 0.1) is 0 Å². The second-order valence-electron chi connectivity index (χ2n) is 6.97. The Kier molecular flexibility index (Phi) is 5.19. The zero-order valence-corrected chi connectivity index (χ0v) is 18.0. The summed E-state index contributed by atoms with van der Waals surface area (Å²) >= 11 is 1.27. The first kappa shape index (κ1) is 20.6. The molecule has 0 atom stereocenters. The third kappa shape index (κ3) is 3.99. The number of methoxy groups -OCH3 is 1. The second kappa shape index (κ2) is 8.32. The fraction of sp³-hybridized carbons (Fsp3) is 0.0435. The molecule has 0 bridgehead atoms. The zero-order valence-electron chi connectivity index (χ0n) is 17.2. The Morgan fingerprint density at radius 3 is 2.58 bits per heavy atom. The third-order valence-corrected chi connectivity index (χ3v) is 5.69. The van der Waals surface area contributed by atoms with E-state index in [1.807, 2.05) is 24.3 Å². The van der Waals surface area contributed by atoms with Gasteiger partial charge in [-0.05, 0) is 66.4 Å².